The molecule has 5 nitrogen and oxygen atoms in total. The van der Waals surface area contributed by atoms with Gasteiger partial charge >= 0.3 is 0 Å². The van der Waals surface area contributed by atoms with Crippen molar-refractivity contribution in [1.82, 2.24) is 15.5 Å². The van der Waals surface area contributed by atoms with E-state index in [4.69, 9.17) is 0 Å². The lowest BCUT2D eigenvalue weighted by atomic mass is 9.95. The lowest BCUT2D eigenvalue weighted by molar-refractivity contribution is -0.138. The molecule has 130 valence electrons. The molecule has 0 aromatic carbocycles. The number of unbranched alkanes of at least 4 members (excludes halogenated alkanes) is 2. The third-order valence-electron chi connectivity index (χ3n) is 4.19. The molecule has 2 N–H and O–H groups in total. The highest BCUT2D eigenvalue weighted by Crippen LogP contribution is 2.19. The first-order chi connectivity index (χ1) is 10.1. The summed E-state index contributed by atoms with van der Waals surface area (Å²) in [5.41, 5.74) is 0. The molecular formula is C16H32ClN3O2. The zero-order valence-electron chi connectivity index (χ0n) is 14.2. The average molecular weight is 334 g/mol. The summed E-state index contributed by atoms with van der Waals surface area (Å²) in [4.78, 5) is 26.1. The molecule has 0 spiro atoms. The van der Waals surface area contributed by atoms with Crippen molar-refractivity contribution in [2.75, 3.05) is 33.2 Å². The highest BCUT2D eigenvalue weighted by molar-refractivity contribution is 5.85. The molecule has 1 heterocycles. The molecule has 1 aliphatic rings. The second-order valence-electron chi connectivity index (χ2n) is 6.06. The van der Waals surface area contributed by atoms with Crippen molar-refractivity contribution in [1.29, 1.82) is 0 Å². The Morgan fingerprint density at radius 2 is 1.86 bits per heavy atom. The number of hydrogen-bond acceptors (Lipinski definition) is 3. The predicted octanol–water partition coefficient (Wildman–Crippen LogP) is 1.81. The van der Waals surface area contributed by atoms with Crippen molar-refractivity contribution in [3.05, 3.63) is 0 Å². The van der Waals surface area contributed by atoms with E-state index in [0.29, 0.717) is 19.6 Å². The molecule has 6 heteroatoms. The van der Waals surface area contributed by atoms with Crippen LogP contribution in [-0.4, -0.2) is 49.9 Å². The van der Waals surface area contributed by atoms with E-state index in [1.807, 2.05) is 18.9 Å². The van der Waals surface area contributed by atoms with Gasteiger partial charge in [0.25, 0.3) is 0 Å². The van der Waals surface area contributed by atoms with Gasteiger partial charge in [-0.25, -0.2) is 0 Å². The molecule has 1 saturated heterocycles. The second kappa shape index (κ2) is 11.7. The molecule has 1 rings (SSSR count). The Kier molecular flexibility index (Phi) is 11.3. The molecular weight excluding hydrogens is 302 g/mol. The number of hydrogen-bond donors (Lipinski definition) is 2. The molecule has 0 aromatic heterocycles. The molecule has 0 aromatic rings. The van der Waals surface area contributed by atoms with Crippen LogP contribution in [0.5, 0.6) is 0 Å². The van der Waals surface area contributed by atoms with Crippen LogP contribution >= 0.6 is 12.4 Å². The summed E-state index contributed by atoms with van der Waals surface area (Å²) < 4.78 is 0. The molecule has 0 radical (unpaired) electrons. The maximum Gasteiger partial charge on any atom is 0.226 e. The smallest absolute Gasteiger partial charge is 0.226 e. The lowest BCUT2D eigenvalue weighted by Crippen LogP contribution is -2.46. The van der Waals surface area contributed by atoms with Crippen LogP contribution in [-0.2, 0) is 9.59 Å². The third kappa shape index (κ3) is 6.97. The van der Waals surface area contributed by atoms with Gasteiger partial charge in [-0.2, -0.15) is 0 Å². The predicted molar refractivity (Wildman–Crippen MR) is 92.2 cm³/mol. The van der Waals surface area contributed by atoms with E-state index >= 15 is 0 Å². The third-order valence-corrected chi connectivity index (χ3v) is 4.19. The van der Waals surface area contributed by atoms with Crippen LogP contribution in [0.2, 0.25) is 0 Å². The van der Waals surface area contributed by atoms with Gasteiger partial charge in [-0.05, 0) is 26.3 Å². The quantitative estimate of drug-likeness (QED) is 0.666. The number of halogens is 1. The van der Waals surface area contributed by atoms with Gasteiger partial charge in [0.05, 0.1) is 0 Å². The normalized spacial score (nSPS) is 16.8. The van der Waals surface area contributed by atoms with Crippen LogP contribution in [0.25, 0.3) is 0 Å². The fourth-order valence-corrected chi connectivity index (χ4v) is 2.80. The summed E-state index contributed by atoms with van der Waals surface area (Å²) in [7, 11) is 1.86. The van der Waals surface area contributed by atoms with Crippen molar-refractivity contribution >= 4 is 24.2 Å². The largest absolute Gasteiger partial charge is 0.356 e. The second-order valence-corrected chi connectivity index (χ2v) is 6.06. The van der Waals surface area contributed by atoms with Gasteiger partial charge in [-0.1, -0.05) is 26.7 Å². The van der Waals surface area contributed by atoms with Gasteiger partial charge in [-0.15, -0.1) is 12.4 Å². The summed E-state index contributed by atoms with van der Waals surface area (Å²) in [6, 6.07) is 0. The lowest BCUT2D eigenvalue weighted by Gasteiger charge is -2.33. The molecule has 0 saturated carbocycles. The van der Waals surface area contributed by atoms with Gasteiger partial charge in [0.2, 0.25) is 11.8 Å². The van der Waals surface area contributed by atoms with Crippen LogP contribution in [0.3, 0.4) is 0 Å². The Morgan fingerprint density at radius 3 is 2.41 bits per heavy atom. The minimum atomic E-state index is 0. The Labute approximate surface area is 141 Å². The number of likely N-dealkylation sites (tertiary alicyclic amines) is 1. The van der Waals surface area contributed by atoms with Gasteiger partial charge in [-0.3, -0.25) is 9.59 Å². The number of piperidine rings is 1. The van der Waals surface area contributed by atoms with Gasteiger partial charge < -0.3 is 15.5 Å². The minimum Gasteiger partial charge on any atom is -0.356 e. The Morgan fingerprint density at radius 1 is 1.23 bits per heavy atom. The first kappa shape index (κ1) is 21.2. The SMILES string of the molecule is CCCCCNC(=O)C1CCN(C(=O)C(C)CNC)CC1.Cl. The Bertz CT molecular complexity index is 331. The molecule has 0 aliphatic carbocycles. The highest BCUT2D eigenvalue weighted by Gasteiger charge is 2.28. The molecule has 1 unspecified atom stereocenters. The standard InChI is InChI=1S/C16H31N3O2.ClH/c1-4-5-6-9-18-15(20)14-7-10-19(11-8-14)16(21)13(2)12-17-3;/h13-14,17H,4-12H2,1-3H3,(H,18,20);1H. The summed E-state index contributed by atoms with van der Waals surface area (Å²) in [5.74, 6) is 0.456. The van der Waals surface area contributed by atoms with Gasteiger partial charge in [0, 0.05) is 38.0 Å². The van der Waals surface area contributed by atoms with Crippen molar-refractivity contribution in [2.24, 2.45) is 11.8 Å². The Balaban J connectivity index is 0.00000441. The zero-order valence-corrected chi connectivity index (χ0v) is 15.0. The molecule has 22 heavy (non-hydrogen) atoms. The molecule has 1 fully saturated rings. The minimum absolute atomic E-state index is 0. The molecule has 1 atom stereocenters. The molecule has 1 aliphatic heterocycles. The van der Waals surface area contributed by atoms with Crippen LogP contribution in [0.1, 0.15) is 46.0 Å². The zero-order chi connectivity index (χ0) is 15.7. The first-order valence-electron chi connectivity index (χ1n) is 8.31. The number of rotatable bonds is 8. The summed E-state index contributed by atoms with van der Waals surface area (Å²) in [5, 5.41) is 6.06. The summed E-state index contributed by atoms with van der Waals surface area (Å²) in [6.07, 6.45) is 4.97. The van der Waals surface area contributed by atoms with E-state index in [1.54, 1.807) is 0 Å². The molecule has 2 amide bonds. The monoisotopic (exact) mass is 333 g/mol. The van der Waals surface area contributed by atoms with E-state index in [9.17, 15) is 9.59 Å². The van der Waals surface area contributed by atoms with E-state index < -0.39 is 0 Å². The van der Waals surface area contributed by atoms with Crippen molar-refractivity contribution in [3.8, 4) is 0 Å². The number of nitrogens with one attached hydrogen (secondary N) is 2. The number of carbonyl (C=O) groups excluding carboxylic acids is 2. The summed E-state index contributed by atoms with van der Waals surface area (Å²) >= 11 is 0. The van der Waals surface area contributed by atoms with Gasteiger partial charge in [0.15, 0.2) is 0 Å². The number of carbonyl (C=O) groups is 2. The fraction of sp³-hybridized carbons (Fsp3) is 0.875. The fourth-order valence-electron chi connectivity index (χ4n) is 2.80. The van der Waals surface area contributed by atoms with E-state index in [2.05, 4.69) is 17.6 Å². The van der Waals surface area contributed by atoms with E-state index in [0.717, 1.165) is 32.2 Å². The van der Waals surface area contributed by atoms with Gasteiger partial charge in [0.1, 0.15) is 0 Å². The van der Waals surface area contributed by atoms with Crippen LogP contribution in [0.15, 0.2) is 0 Å². The number of amides is 2. The molecule has 0 bridgehead atoms. The average Bonchev–Trinajstić information content (AvgIpc) is 2.51. The van der Waals surface area contributed by atoms with E-state index in [1.165, 1.54) is 6.42 Å². The maximum absolute atomic E-state index is 12.2. The topological polar surface area (TPSA) is 61.4 Å². The van der Waals surface area contributed by atoms with Crippen molar-refractivity contribution in [2.45, 2.75) is 46.0 Å². The van der Waals surface area contributed by atoms with Crippen LogP contribution < -0.4 is 10.6 Å². The van der Waals surface area contributed by atoms with Crippen LogP contribution in [0, 0.1) is 11.8 Å². The number of nitrogens with zero attached hydrogens (tertiary/aromatic N) is 1. The Hall–Kier alpha value is -0.810. The van der Waals surface area contributed by atoms with Crippen molar-refractivity contribution in [3.63, 3.8) is 0 Å². The summed E-state index contributed by atoms with van der Waals surface area (Å²) in [6.45, 7) is 7.01. The van der Waals surface area contributed by atoms with E-state index in [-0.39, 0.29) is 36.1 Å². The first-order valence-corrected chi connectivity index (χ1v) is 8.31. The highest BCUT2D eigenvalue weighted by atomic mass is 35.5. The van der Waals surface area contributed by atoms with Crippen LogP contribution in [0.4, 0.5) is 0 Å². The maximum atomic E-state index is 12.2. The van der Waals surface area contributed by atoms with Crippen molar-refractivity contribution < 1.29 is 9.59 Å².